The van der Waals surface area contributed by atoms with Crippen molar-refractivity contribution in [2.24, 2.45) is 0 Å². The van der Waals surface area contributed by atoms with Crippen LogP contribution in [0.4, 0.5) is 0 Å². The number of likely N-dealkylation sites (N-methyl/N-ethyl adjacent to an activating group) is 1. The zero-order chi connectivity index (χ0) is 16.3. The maximum absolute atomic E-state index is 12.0. The van der Waals surface area contributed by atoms with E-state index < -0.39 is 28.3 Å². The van der Waals surface area contributed by atoms with E-state index in [-0.39, 0.29) is 17.5 Å². The van der Waals surface area contributed by atoms with Crippen molar-refractivity contribution in [2.45, 2.75) is 12.5 Å². The number of ether oxygens (including phenoxy) is 1. The Morgan fingerprint density at radius 3 is 2.64 bits per heavy atom. The molecule has 8 heteroatoms. The monoisotopic (exact) mass is 437 g/mol. The highest BCUT2D eigenvalue weighted by molar-refractivity contribution is 14.1. The minimum atomic E-state index is -3.06. The molecular weight excluding hydrogens is 421 g/mol. The number of hydrogen-bond donors (Lipinski definition) is 0. The first-order chi connectivity index (χ1) is 10.3. The maximum Gasteiger partial charge on any atom is 0.339 e. The van der Waals surface area contributed by atoms with Gasteiger partial charge in [0.1, 0.15) is 0 Å². The molecule has 1 saturated heterocycles. The molecule has 1 aromatic carbocycles. The van der Waals surface area contributed by atoms with Crippen LogP contribution in [0.2, 0.25) is 0 Å². The van der Waals surface area contributed by atoms with E-state index in [0.29, 0.717) is 12.0 Å². The van der Waals surface area contributed by atoms with Gasteiger partial charge in [-0.15, -0.1) is 0 Å². The van der Waals surface area contributed by atoms with Crippen molar-refractivity contribution < 1.29 is 22.7 Å². The summed E-state index contributed by atoms with van der Waals surface area (Å²) in [6.45, 7) is -0.392. The van der Waals surface area contributed by atoms with E-state index >= 15 is 0 Å². The number of esters is 1. The van der Waals surface area contributed by atoms with E-state index in [1.165, 1.54) is 11.9 Å². The average Bonchev–Trinajstić information content (AvgIpc) is 2.84. The minimum absolute atomic E-state index is 0.0280. The van der Waals surface area contributed by atoms with Crippen LogP contribution in [0.1, 0.15) is 16.8 Å². The lowest BCUT2D eigenvalue weighted by atomic mass is 10.2. The summed E-state index contributed by atoms with van der Waals surface area (Å²) < 4.78 is 28.6. The van der Waals surface area contributed by atoms with E-state index in [1.807, 2.05) is 22.6 Å². The lowest BCUT2D eigenvalue weighted by Gasteiger charge is -2.23. The van der Waals surface area contributed by atoms with Crippen LogP contribution in [0.3, 0.4) is 0 Å². The molecule has 1 atom stereocenters. The molecule has 1 fully saturated rings. The molecule has 1 aliphatic heterocycles. The van der Waals surface area contributed by atoms with Gasteiger partial charge in [0, 0.05) is 16.7 Å². The number of nitrogens with zero attached hydrogens (tertiary/aromatic N) is 1. The zero-order valence-corrected chi connectivity index (χ0v) is 15.0. The van der Waals surface area contributed by atoms with E-state index in [0.717, 1.165) is 3.57 Å². The largest absolute Gasteiger partial charge is 0.452 e. The van der Waals surface area contributed by atoms with Gasteiger partial charge in [-0.3, -0.25) is 4.79 Å². The Labute approximate surface area is 142 Å². The van der Waals surface area contributed by atoms with E-state index in [9.17, 15) is 18.0 Å². The average molecular weight is 437 g/mol. The molecular formula is C14H16INO5S. The Bertz CT molecular complexity index is 688. The van der Waals surface area contributed by atoms with Crippen LogP contribution in [0.25, 0.3) is 0 Å². The Balaban J connectivity index is 1.90. The minimum Gasteiger partial charge on any atom is -0.452 e. The van der Waals surface area contributed by atoms with E-state index in [2.05, 4.69) is 0 Å². The molecule has 6 nitrogen and oxygen atoms in total. The van der Waals surface area contributed by atoms with Gasteiger partial charge in [-0.25, -0.2) is 13.2 Å². The second kappa shape index (κ2) is 6.95. The number of hydrogen-bond acceptors (Lipinski definition) is 5. The molecule has 1 aliphatic rings. The van der Waals surface area contributed by atoms with Gasteiger partial charge in [-0.1, -0.05) is 12.1 Å². The third kappa shape index (κ3) is 4.19. The van der Waals surface area contributed by atoms with Gasteiger partial charge in [0.15, 0.2) is 16.4 Å². The number of amides is 1. The van der Waals surface area contributed by atoms with Crippen molar-refractivity contribution in [1.29, 1.82) is 0 Å². The fourth-order valence-corrected chi connectivity index (χ4v) is 4.60. The SMILES string of the molecule is CN(C(=O)COC(=O)c1ccccc1I)[C@@H]1CCS(=O)(=O)C1. The molecule has 1 heterocycles. The fraction of sp³-hybridized carbons (Fsp3) is 0.429. The predicted molar refractivity (Wildman–Crippen MR) is 89.3 cm³/mol. The Kier molecular flexibility index (Phi) is 5.43. The van der Waals surface area contributed by atoms with Crippen LogP contribution in [0.5, 0.6) is 0 Å². The Hall–Kier alpha value is -1.16. The van der Waals surface area contributed by atoms with Gasteiger partial charge in [0.25, 0.3) is 5.91 Å². The third-order valence-corrected chi connectivity index (χ3v) is 6.26. The molecule has 0 bridgehead atoms. The van der Waals surface area contributed by atoms with Crippen LogP contribution in [-0.2, 0) is 19.4 Å². The van der Waals surface area contributed by atoms with E-state index in [4.69, 9.17) is 4.74 Å². The van der Waals surface area contributed by atoms with Crippen molar-refractivity contribution in [3.05, 3.63) is 33.4 Å². The number of carbonyl (C=O) groups is 2. The quantitative estimate of drug-likeness (QED) is 0.521. The van der Waals surface area contributed by atoms with Gasteiger partial charge in [0.05, 0.1) is 17.1 Å². The number of halogens is 1. The van der Waals surface area contributed by atoms with Crippen molar-refractivity contribution in [2.75, 3.05) is 25.2 Å². The Morgan fingerprint density at radius 2 is 2.05 bits per heavy atom. The smallest absolute Gasteiger partial charge is 0.339 e. The second-order valence-electron chi connectivity index (χ2n) is 5.12. The normalized spacial score (nSPS) is 19.6. The van der Waals surface area contributed by atoms with Crippen LogP contribution in [0.15, 0.2) is 24.3 Å². The highest BCUT2D eigenvalue weighted by Gasteiger charge is 2.32. The standard InChI is InChI=1S/C14H16INO5S/c1-16(10-6-7-22(19,20)9-10)13(17)8-21-14(18)11-4-2-3-5-12(11)15/h2-5,10H,6-9H2,1H3/t10-/m1/s1. The highest BCUT2D eigenvalue weighted by atomic mass is 127. The molecule has 0 aromatic heterocycles. The first kappa shape index (κ1) is 17.2. The lowest BCUT2D eigenvalue weighted by molar-refractivity contribution is -0.134. The van der Waals surface area contributed by atoms with Gasteiger partial charge < -0.3 is 9.64 Å². The van der Waals surface area contributed by atoms with Crippen molar-refractivity contribution in [1.82, 2.24) is 4.90 Å². The molecule has 120 valence electrons. The summed E-state index contributed by atoms with van der Waals surface area (Å²) in [6, 6.07) is 6.58. The summed E-state index contributed by atoms with van der Waals surface area (Å²) in [7, 11) is -1.52. The third-order valence-electron chi connectivity index (χ3n) is 3.57. The molecule has 0 saturated carbocycles. The van der Waals surface area contributed by atoms with Crippen LogP contribution >= 0.6 is 22.6 Å². The van der Waals surface area contributed by atoms with Gasteiger partial charge in [-0.05, 0) is 41.1 Å². The molecule has 0 radical (unpaired) electrons. The molecule has 22 heavy (non-hydrogen) atoms. The van der Waals surface area contributed by atoms with Crippen LogP contribution in [-0.4, -0.2) is 56.4 Å². The summed E-state index contributed by atoms with van der Waals surface area (Å²) in [5.74, 6) is -0.899. The zero-order valence-electron chi connectivity index (χ0n) is 12.0. The first-order valence-corrected chi connectivity index (χ1v) is 9.58. The van der Waals surface area contributed by atoms with Crippen LogP contribution in [0, 0.1) is 3.57 Å². The van der Waals surface area contributed by atoms with Gasteiger partial charge in [-0.2, -0.15) is 0 Å². The molecule has 1 amide bonds. The van der Waals surface area contributed by atoms with Crippen molar-refractivity contribution >= 4 is 44.3 Å². The summed E-state index contributed by atoms with van der Waals surface area (Å²) in [4.78, 5) is 25.3. The number of benzene rings is 1. The van der Waals surface area contributed by atoms with Crippen LogP contribution < -0.4 is 0 Å². The number of rotatable bonds is 4. The molecule has 0 unspecified atom stereocenters. The molecule has 0 spiro atoms. The number of carbonyl (C=O) groups excluding carboxylic acids is 2. The number of sulfone groups is 1. The summed E-state index contributed by atoms with van der Waals surface area (Å²) in [6.07, 6.45) is 0.426. The summed E-state index contributed by atoms with van der Waals surface area (Å²) in [5, 5.41) is 0. The Morgan fingerprint density at radius 1 is 1.36 bits per heavy atom. The molecule has 2 rings (SSSR count). The summed E-state index contributed by atoms with van der Waals surface area (Å²) in [5.41, 5.74) is 0.405. The topological polar surface area (TPSA) is 80.8 Å². The maximum atomic E-state index is 12.0. The van der Waals surface area contributed by atoms with Gasteiger partial charge in [0.2, 0.25) is 0 Å². The first-order valence-electron chi connectivity index (χ1n) is 6.68. The molecule has 0 aliphatic carbocycles. The lowest BCUT2D eigenvalue weighted by Crippen LogP contribution is -2.40. The fourth-order valence-electron chi connectivity index (χ4n) is 2.22. The summed E-state index contributed by atoms with van der Waals surface area (Å²) >= 11 is 2.02. The van der Waals surface area contributed by atoms with E-state index in [1.54, 1.807) is 24.3 Å². The molecule has 0 N–H and O–H groups in total. The van der Waals surface area contributed by atoms with Crippen molar-refractivity contribution in [3.8, 4) is 0 Å². The van der Waals surface area contributed by atoms with Gasteiger partial charge >= 0.3 is 5.97 Å². The second-order valence-corrected chi connectivity index (χ2v) is 8.51. The molecule has 1 aromatic rings. The highest BCUT2D eigenvalue weighted by Crippen LogP contribution is 2.17. The van der Waals surface area contributed by atoms with Crippen molar-refractivity contribution in [3.63, 3.8) is 0 Å². The predicted octanol–water partition coefficient (Wildman–Crippen LogP) is 1.09.